The van der Waals surface area contributed by atoms with E-state index in [1.807, 2.05) is 121 Å². The number of carbonyl (C=O) groups is 2. The zero-order valence-electron chi connectivity index (χ0n) is 18.4. The number of hydrogen-bond donors (Lipinski definition) is 0. The van der Waals surface area contributed by atoms with E-state index in [9.17, 15) is 9.59 Å². The summed E-state index contributed by atoms with van der Waals surface area (Å²) in [5, 5.41) is 1.77. The van der Waals surface area contributed by atoms with E-state index < -0.39 is 6.04 Å². The Morgan fingerprint density at radius 2 is 1.00 bits per heavy atom. The highest BCUT2D eigenvalue weighted by molar-refractivity contribution is 6.28. The van der Waals surface area contributed by atoms with Crippen LogP contribution in [0.15, 0.2) is 121 Å². The van der Waals surface area contributed by atoms with Crippen LogP contribution in [-0.2, 0) is 0 Å². The molecule has 34 heavy (non-hydrogen) atoms. The van der Waals surface area contributed by atoms with Crippen LogP contribution in [0, 0.1) is 0 Å². The van der Waals surface area contributed by atoms with Gasteiger partial charge in [-0.05, 0) is 39.1 Å². The Labute approximate surface area is 197 Å². The van der Waals surface area contributed by atoms with Crippen LogP contribution >= 0.6 is 0 Å². The van der Waals surface area contributed by atoms with Crippen molar-refractivity contribution in [3.8, 4) is 11.1 Å². The molecule has 1 aliphatic heterocycles. The van der Waals surface area contributed by atoms with Gasteiger partial charge in [0.2, 0.25) is 0 Å². The smallest absolute Gasteiger partial charge is 0.263 e. The highest BCUT2D eigenvalue weighted by atomic mass is 16.2. The van der Waals surface area contributed by atoms with Crippen LogP contribution < -0.4 is 0 Å². The summed E-state index contributed by atoms with van der Waals surface area (Å²) >= 11 is 0. The second-order valence-corrected chi connectivity index (χ2v) is 8.46. The van der Waals surface area contributed by atoms with Crippen LogP contribution in [0.25, 0.3) is 21.9 Å². The lowest BCUT2D eigenvalue weighted by Crippen LogP contribution is -2.34. The SMILES string of the molecule is O=C1c2cc(-c3ccccc3)c3ccccc3c2C(=O)N1C(c1ccccc1)c1ccccc1. The van der Waals surface area contributed by atoms with Gasteiger partial charge in [0.05, 0.1) is 17.2 Å². The highest BCUT2D eigenvalue weighted by Crippen LogP contribution is 2.41. The number of rotatable bonds is 4. The maximum atomic E-state index is 14.0. The predicted molar refractivity (Wildman–Crippen MR) is 135 cm³/mol. The molecule has 2 amide bonds. The first-order chi connectivity index (χ1) is 16.7. The first kappa shape index (κ1) is 20.1. The van der Waals surface area contributed by atoms with Crippen LogP contribution in [0.3, 0.4) is 0 Å². The molecular formula is C31H21NO2. The molecule has 3 nitrogen and oxygen atoms in total. The largest absolute Gasteiger partial charge is 0.269 e. The van der Waals surface area contributed by atoms with Crippen LogP contribution in [0.5, 0.6) is 0 Å². The Kier molecular flexibility index (Phi) is 4.81. The van der Waals surface area contributed by atoms with Gasteiger partial charge in [-0.15, -0.1) is 0 Å². The third-order valence-electron chi connectivity index (χ3n) is 6.50. The number of amides is 2. The first-order valence-corrected chi connectivity index (χ1v) is 11.3. The second kappa shape index (κ2) is 8.13. The van der Waals surface area contributed by atoms with Crippen molar-refractivity contribution in [3.05, 3.63) is 144 Å². The number of imide groups is 1. The molecule has 0 saturated carbocycles. The van der Waals surface area contributed by atoms with Gasteiger partial charge in [-0.1, -0.05) is 115 Å². The molecule has 0 unspecified atom stereocenters. The summed E-state index contributed by atoms with van der Waals surface area (Å²) in [5.74, 6) is -0.519. The van der Waals surface area contributed by atoms with Gasteiger partial charge in [-0.3, -0.25) is 14.5 Å². The van der Waals surface area contributed by atoms with E-state index in [-0.39, 0.29) is 11.8 Å². The molecule has 162 valence electrons. The van der Waals surface area contributed by atoms with E-state index in [0.717, 1.165) is 33.0 Å². The number of fused-ring (bicyclic) bond motifs is 3. The molecule has 0 radical (unpaired) electrons. The van der Waals surface area contributed by atoms with E-state index >= 15 is 0 Å². The van der Waals surface area contributed by atoms with Crippen LogP contribution in [0.1, 0.15) is 37.9 Å². The Balaban J connectivity index is 1.58. The van der Waals surface area contributed by atoms with Gasteiger partial charge in [0.25, 0.3) is 11.8 Å². The fourth-order valence-corrected chi connectivity index (χ4v) is 4.97. The first-order valence-electron chi connectivity index (χ1n) is 11.3. The van der Waals surface area contributed by atoms with Gasteiger partial charge in [0, 0.05) is 0 Å². The summed E-state index contributed by atoms with van der Waals surface area (Å²) in [7, 11) is 0. The Morgan fingerprint density at radius 3 is 1.59 bits per heavy atom. The highest BCUT2D eigenvalue weighted by Gasteiger charge is 2.42. The van der Waals surface area contributed by atoms with Crippen molar-refractivity contribution in [3.63, 3.8) is 0 Å². The average Bonchev–Trinajstić information content (AvgIpc) is 3.15. The second-order valence-electron chi connectivity index (χ2n) is 8.46. The molecule has 0 aromatic heterocycles. The number of hydrogen-bond acceptors (Lipinski definition) is 2. The zero-order chi connectivity index (χ0) is 23.1. The van der Waals surface area contributed by atoms with E-state index in [1.165, 1.54) is 4.90 Å². The molecule has 3 heteroatoms. The van der Waals surface area contributed by atoms with E-state index in [0.29, 0.717) is 11.1 Å². The molecule has 5 aromatic carbocycles. The molecule has 0 spiro atoms. The number of carbonyl (C=O) groups excluding carboxylic acids is 2. The topological polar surface area (TPSA) is 37.4 Å². The van der Waals surface area contributed by atoms with Gasteiger partial charge in [-0.25, -0.2) is 0 Å². The molecule has 1 heterocycles. The van der Waals surface area contributed by atoms with E-state index in [2.05, 4.69) is 0 Å². The van der Waals surface area contributed by atoms with Crippen molar-refractivity contribution in [2.24, 2.45) is 0 Å². The standard InChI is InChI=1S/C31H21NO2/c33-30-27-20-26(21-12-4-1-5-13-21)24-18-10-11-19-25(24)28(27)31(34)32(30)29(22-14-6-2-7-15-22)23-16-8-3-9-17-23/h1-20,29H. The normalized spacial score (nSPS) is 13.0. The van der Waals surface area contributed by atoms with Crippen molar-refractivity contribution < 1.29 is 9.59 Å². The third kappa shape index (κ3) is 3.13. The summed E-state index contributed by atoms with van der Waals surface area (Å²) in [4.78, 5) is 29.3. The zero-order valence-corrected chi connectivity index (χ0v) is 18.4. The van der Waals surface area contributed by atoms with Crippen molar-refractivity contribution in [2.75, 3.05) is 0 Å². The minimum Gasteiger partial charge on any atom is -0.269 e. The van der Waals surface area contributed by atoms with E-state index in [1.54, 1.807) is 0 Å². The summed E-state index contributed by atoms with van der Waals surface area (Å²) in [6.07, 6.45) is 0. The lowest BCUT2D eigenvalue weighted by molar-refractivity contribution is 0.0609. The number of benzene rings is 5. The van der Waals surface area contributed by atoms with Crippen molar-refractivity contribution in [2.45, 2.75) is 6.04 Å². The molecule has 5 aromatic rings. The molecule has 0 bridgehead atoms. The molecule has 1 aliphatic rings. The quantitative estimate of drug-likeness (QED) is 0.286. The van der Waals surface area contributed by atoms with Gasteiger partial charge in [0.1, 0.15) is 0 Å². The summed E-state index contributed by atoms with van der Waals surface area (Å²) < 4.78 is 0. The number of nitrogens with zero attached hydrogens (tertiary/aromatic N) is 1. The average molecular weight is 440 g/mol. The fraction of sp³-hybridized carbons (Fsp3) is 0.0323. The van der Waals surface area contributed by atoms with E-state index in [4.69, 9.17) is 0 Å². The minimum absolute atomic E-state index is 0.256. The minimum atomic E-state index is -0.506. The van der Waals surface area contributed by atoms with Gasteiger partial charge < -0.3 is 0 Å². The van der Waals surface area contributed by atoms with Gasteiger partial charge >= 0.3 is 0 Å². The maximum absolute atomic E-state index is 14.0. The lowest BCUT2D eigenvalue weighted by Gasteiger charge is -2.27. The fourth-order valence-electron chi connectivity index (χ4n) is 4.97. The third-order valence-corrected chi connectivity index (χ3v) is 6.50. The lowest BCUT2D eigenvalue weighted by atomic mass is 9.92. The monoisotopic (exact) mass is 439 g/mol. The molecule has 0 atom stereocenters. The summed E-state index contributed by atoms with van der Waals surface area (Å²) in [6.45, 7) is 0. The molecule has 0 aliphatic carbocycles. The Bertz CT molecular complexity index is 1490. The maximum Gasteiger partial charge on any atom is 0.263 e. The van der Waals surface area contributed by atoms with Gasteiger partial charge in [-0.2, -0.15) is 0 Å². The molecule has 6 rings (SSSR count). The van der Waals surface area contributed by atoms with Crippen molar-refractivity contribution in [1.82, 2.24) is 4.90 Å². The molecule has 0 saturated heterocycles. The predicted octanol–water partition coefficient (Wildman–Crippen LogP) is 6.89. The molecule has 0 fully saturated rings. The Morgan fingerprint density at radius 1 is 0.500 bits per heavy atom. The van der Waals surface area contributed by atoms with Crippen molar-refractivity contribution in [1.29, 1.82) is 0 Å². The summed E-state index contributed by atoms with van der Waals surface area (Å²) in [5.41, 5.74) is 4.71. The van der Waals surface area contributed by atoms with Crippen LogP contribution in [0.4, 0.5) is 0 Å². The Hall–Kier alpha value is -4.50. The van der Waals surface area contributed by atoms with Crippen LogP contribution in [-0.4, -0.2) is 16.7 Å². The molecule has 0 N–H and O–H groups in total. The van der Waals surface area contributed by atoms with Gasteiger partial charge in [0.15, 0.2) is 0 Å². The van der Waals surface area contributed by atoms with Crippen LogP contribution in [0.2, 0.25) is 0 Å². The van der Waals surface area contributed by atoms with Crippen molar-refractivity contribution >= 4 is 22.6 Å². The summed E-state index contributed by atoms with van der Waals surface area (Å²) in [6, 6.07) is 38.7. The molecular weight excluding hydrogens is 418 g/mol.